The fourth-order valence-corrected chi connectivity index (χ4v) is 2.24. The SMILES string of the molecule is CCN(CCCN(C)C)c1ccc(C(=N)N)c(Cl)c1. The molecule has 0 aromatic heterocycles. The van der Waals surface area contributed by atoms with Crippen molar-refractivity contribution in [3.05, 3.63) is 28.8 Å². The Morgan fingerprint density at radius 3 is 2.47 bits per heavy atom. The molecule has 0 aliphatic rings. The molecular weight excluding hydrogens is 260 g/mol. The second-order valence-electron chi connectivity index (χ2n) is 4.81. The van der Waals surface area contributed by atoms with Crippen molar-refractivity contribution in [3.8, 4) is 0 Å². The van der Waals surface area contributed by atoms with Gasteiger partial charge in [0.1, 0.15) is 5.84 Å². The summed E-state index contributed by atoms with van der Waals surface area (Å²) < 4.78 is 0. The van der Waals surface area contributed by atoms with Crippen molar-refractivity contribution in [2.45, 2.75) is 13.3 Å². The van der Waals surface area contributed by atoms with Crippen LogP contribution in [0.4, 0.5) is 5.69 Å². The maximum atomic E-state index is 7.43. The van der Waals surface area contributed by atoms with Crippen LogP contribution in [-0.2, 0) is 0 Å². The molecule has 0 atom stereocenters. The first kappa shape index (κ1) is 15.8. The van der Waals surface area contributed by atoms with Gasteiger partial charge < -0.3 is 15.5 Å². The number of halogens is 1. The van der Waals surface area contributed by atoms with Crippen molar-refractivity contribution in [1.29, 1.82) is 5.41 Å². The monoisotopic (exact) mass is 282 g/mol. The van der Waals surface area contributed by atoms with Crippen LogP contribution in [0.2, 0.25) is 5.02 Å². The van der Waals surface area contributed by atoms with Crippen molar-refractivity contribution < 1.29 is 0 Å². The first-order valence-corrected chi connectivity index (χ1v) is 6.87. The molecule has 0 amide bonds. The number of amidine groups is 1. The van der Waals surface area contributed by atoms with E-state index in [0.29, 0.717) is 10.6 Å². The van der Waals surface area contributed by atoms with E-state index in [-0.39, 0.29) is 5.84 Å². The Morgan fingerprint density at radius 1 is 1.32 bits per heavy atom. The normalized spacial score (nSPS) is 10.8. The van der Waals surface area contributed by atoms with E-state index in [1.54, 1.807) is 0 Å². The van der Waals surface area contributed by atoms with E-state index < -0.39 is 0 Å². The summed E-state index contributed by atoms with van der Waals surface area (Å²) in [6.45, 7) is 5.12. The topological polar surface area (TPSA) is 56.4 Å². The average molecular weight is 283 g/mol. The van der Waals surface area contributed by atoms with Crippen LogP contribution in [0.25, 0.3) is 0 Å². The van der Waals surface area contributed by atoms with Gasteiger partial charge in [0, 0.05) is 24.3 Å². The van der Waals surface area contributed by atoms with Crippen molar-refractivity contribution in [1.82, 2.24) is 4.90 Å². The van der Waals surface area contributed by atoms with E-state index >= 15 is 0 Å². The van der Waals surface area contributed by atoms with Crippen LogP contribution in [-0.4, -0.2) is 44.5 Å². The van der Waals surface area contributed by atoms with Crippen LogP contribution >= 0.6 is 11.6 Å². The third kappa shape index (κ3) is 4.73. The van der Waals surface area contributed by atoms with Crippen molar-refractivity contribution in [2.24, 2.45) is 5.73 Å². The lowest BCUT2D eigenvalue weighted by Gasteiger charge is -2.24. The van der Waals surface area contributed by atoms with E-state index in [1.165, 1.54) is 0 Å². The predicted molar refractivity (Wildman–Crippen MR) is 83.5 cm³/mol. The van der Waals surface area contributed by atoms with E-state index in [0.717, 1.165) is 31.7 Å². The molecule has 4 nitrogen and oxygen atoms in total. The Bertz CT molecular complexity index is 431. The quantitative estimate of drug-likeness (QED) is 0.596. The number of hydrogen-bond acceptors (Lipinski definition) is 3. The molecule has 19 heavy (non-hydrogen) atoms. The van der Waals surface area contributed by atoms with Crippen LogP contribution in [0.15, 0.2) is 18.2 Å². The van der Waals surface area contributed by atoms with Gasteiger partial charge >= 0.3 is 0 Å². The molecule has 0 radical (unpaired) electrons. The van der Waals surface area contributed by atoms with Crippen LogP contribution in [0.3, 0.4) is 0 Å². The molecule has 0 unspecified atom stereocenters. The Kier molecular flexibility index (Phi) is 6.12. The van der Waals surface area contributed by atoms with Gasteiger partial charge in [-0.15, -0.1) is 0 Å². The van der Waals surface area contributed by atoms with Gasteiger partial charge in [0.2, 0.25) is 0 Å². The van der Waals surface area contributed by atoms with Gasteiger partial charge in [-0.1, -0.05) is 11.6 Å². The largest absolute Gasteiger partial charge is 0.384 e. The van der Waals surface area contributed by atoms with Gasteiger partial charge in [0.15, 0.2) is 0 Å². The summed E-state index contributed by atoms with van der Waals surface area (Å²) >= 11 is 6.15. The molecule has 106 valence electrons. The third-order valence-corrected chi connectivity index (χ3v) is 3.34. The van der Waals surface area contributed by atoms with E-state index in [1.807, 2.05) is 18.2 Å². The van der Waals surface area contributed by atoms with Gasteiger partial charge in [-0.3, -0.25) is 5.41 Å². The highest BCUT2D eigenvalue weighted by molar-refractivity contribution is 6.34. The lowest BCUT2D eigenvalue weighted by Crippen LogP contribution is -2.27. The fourth-order valence-electron chi connectivity index (χ4n) is 1.97. The van der Waals surface area contributed by atoms with Crippen LogP contribution < -0.4 is 10.6 Å². The Hall–Kier alpha value is -1.26. The minimum Gasteiger partial charge on any atom is -0.384 e. The summed E-state index contributed by atoms with van der Waals surface area (Å²) in [5, 5.41) is 7.97. The molecule has 5 heteroatoms. The van der Waals surface area contributed by atoms with E-state index in [9.17, 15) is 0 Å². The standard InChI is InChI=1S/C14H23ClN4/c1-4-19(9-5-8-18(2)3)11-6-7-12(14(16)17)13(15)10-11/h6-7,10H,4-5,8-9H2,1-3H3,(H3,16,17). The van der Waals surface area contributed by atoms with Gasteiger partial charge in [0.25, 0.3) is 0 Å². The summed E-state index contributed by atoms with van der Waals surface area (Å²) in [6.07, 6.45) is 1.10. The van der Waals surface area contributed by atoms with Gasteiger partial charge in [0.05, 0.1) is 5.02 Å². The highest BCUT2D eigenvalue weighted by Crippen LogP contribution is 2.23. The van der Waals surface area contributed by atoms with Crippen LogP contribution in [0, 0.1) is 5.41 Å². The fraction of sp³-hybridized carbons (Fsp3) is 0.500. The maximum Gasteiger partial charge on any atom is 0.124 e. The zero-order valence-corrected chi connectivity index (χ0v) is 12.7. The molecule has 0 saturated heterocycles. The lowest BCUT2D eigenvalue weighted by atomic mass is 10.1. The zero-order valence-electron chi connectivity index (χ0n) is 11.9. The summed E-state index contributed by atoms with van der Waals surface area (Å²) in [5.41, 5.74) is 7.14. The van der Waals surface area contributed by atoms with Gasteiger partial charge in [-0.2, -0.15) is 0 Å². The molecule has 0 fully saturated rings. The molecular formula is C14H23ClN4. The minimum absolute atomic E-state index is 0.00667. The van der Waals surface area contributed by atoms with Gasteiger partial charge in [-0.05, 0) is 52.2 Å². The first-order chi connectivity index (χ1) is 8.95. The maximum absolute atomic E-state index is 7.43. The number of nitrogens with two attached hydrogens (primary N) is 1. The number of hydrogen-bond donors (Lipinski definition) is 2. The molecule has 0 heterocycles. The smallest absolute Gasteiger partial charge is 0.124 e. The summed E-state index contributed by atoms with van der Waals surface area (Å²) in [7, 11) is 4.16. The molecule has 0 saturated carbocycles. The van der Waals surface area contributed by atoms with Crippen LogP contribution in [0.5, 0.6) is 0 Å². The summed E-state index contributed by atoms with van der Waals surface area (Å²) in [4.78, 5) is 4.46. The molecule has 3 N–H and O–H groups in total. The number of rotatable bonds is 7. The molecule has 0 aliphatic heterocycles. The van der Waals surface area contributed by atoms with Crippen LogP contribution in [0.1, 0.15) is 18.9 Å². The Labute approximate surface area is 120 Å². The summed E-state index contributed by atoms with van der Waals surface area (Å²) in [6, 6.07) is 5.67. The van der Waals surface area contributed by atoms with Crippen molar-refractivity contribution in [3.63, 3.8) is 0 Å². The zero-order chi connectivity index (χ0) is 14.4. The molecule has 0 bridgehead atoms. The second-order valence-corrected chi connectivity index (χ2v) is 5.22. The number of benzene rings is 1. The highest BCUT2D eigenvalue weighted by Gasteiger charge is 2.09. The molecule has 1 aromatic carbocycles. The molecule has 1 aromatic rings. The lowest BCUT2D eigenvalue weighted by molar-refractivity contribution is 0.400. The molecule has 1 rings (SSSR count). The first-order valence-electron chi connectivity index (χ1n) is 6.49. The van der Waals surface area contributed by atoms with Crippen molar-refractivity contribution in [2.75, 3.05) is 38.6 Å². The Morgan fingerprint density at radius 2 is 2.00 bits per heavy atom. The number of nitrogens with one attached hydrogen (secondary N) is 1. The number of nitrogen functional groups attached to an aromatic ring is 1. The minimum atomic E-state index is 0.00667. The van der Waals surface area contributed by atoms with E-state index in [2.05, 4.69) is 30.8 Å². The van der Waals surface area contributed by atoms with Crippen molar-refractivity contribution >= 4 is 23.1 Å². The predicted octanol–water partition coefficient (Wildman–Crippen LogP) is 2.40. The molecule has 0 spiro atoms. The highest BCUT2D eigenvalue weighted by atomic mass is 35.5. The molecule has 0 aliphatic carbocycles. The average Bonchev–Trinajstić information content (AvgIpc) is 2.33. The third-order valence-electron chi connectivity index (χ3n) is 3.02. The Balaban J connectivity index is 2.76. The van der Waals surface area contributed by atoms with E-state index in [4.69, 9.17) is 22.7 Å². The summed E-state index contributed by atoms with van der Waals surface area (Å²) in [5.74, 6) is 0.00667. The van der Waals surface area contributed by atoms with Gasteiger partial charge in [-0.25, -0.2) is 0 Å². The number of anilines is 1. The second kappa shape index (κ2) is 7.36. The number of nitrogens with zero attached hydrogens (tertiary/aromatic N) is 2.